The second-order valence-corrected chi connectivity index (χ2v) is 9.67. The summed E-state index contributed by atoms with van der Waals surface area (Å²) in [5, 5.41) is 9.29. The normalized spacial score (nSPS) is 10.7. The van der Waals surface area contributed by atoms with Gasteiger partial charge in [0.1, 0.15) is 0 Å². The monoisotopic (exact) mass is 594 g/mol. The average molecular weight is 595 g/mol. The second-order valence-electron chi connectivity index (χ2n) is 8.76. The van der Waals surface area contributed by atoms with Gasteiger partial charge in [-0.3, -0.25) is 14.4 Å². The van der Waals surface area contributed by atoms with Gasteiger partial charge in [-0.15, -0.1) is 0 Å². The highest BCUT2D eigenvalue weighted by molar-refractivity contribution is 9.10. The minimum absolute atomic E-state index is 0.212. The van der Waals surface area contributed by atoms with Crippen molar-refractivity contribution < 1.29 is 23.9 Å². The molecule has 0 heterocycles. The molecule has 9 nitrogen and oxygen atoms in total. The topological polar surface area (TPSA) is 118 Å². The number of anilines is 1. The van der Waals surface area contributed by atoms with E-state index in [2.05, 4.69) is 37.1 Å². The van der Waals surface area contributed by atoms with Crippen LogP contribution in [0.1, 0.15) is 34.7 Å². The van der Waals surface area contributed by atoms with Crippen LogP contribution in [0.2, 0.25) is 0 Å². The summed E-state index contributed by atoms with van der Waals surface area (Å²) < 4.78 is 12.3. The van der Waals surface area contributed by atoms with Crippen LogP contribution in [-0.4, -0.2) is 37.1 Å². The Bertz CT molecular complexity index is 1350. The maximum atomic E-state index is 12.5. The van der Waals surface area contributed by atoms with E-state index in [-0.39, 0.29) is 19.1 Å². The summed E-state index contributed by atoms with van der Waals surface area (Å²) in [6, 6.07) is 16.5. The Kier molecular flexibility index (Phi) is 10.6. The number of hydrogen-bond acceptors (Lipinski definition) is 6. The van der Waals surface area contributed by atoms with Gasteiger partial charge in [0.25, 0.3) is 5.91 Å². The van der Waals surface area contributed by atoms with Gasteiger partial charge < -0.3 is 20.1 Å². The first-order valence-corrected chi connectivity index (χ1v) is 13.1. The second kappa shape index (κ2) is 14.1. The third kappa shape index (κ3) is 8.96. The fourth-order valence-electron chi connectivity index (χ4n) is 3.60. The van der Waals surface area contributed by atoms with Gasteiger partial charge in [-0.2, -0.15) is 5.10 Å². The van der Waals surface area contributed by atoms with Crippen LogP contribution < -0.4 is 25.5 Å². The van der Waals surface area contributed by atoms with E-state index in [4.69, 9.17) is 9.47 Å². The van der Waals surface area contributed by atoms with Crippen molar-refractivity contribution in [1.82, 2.24) is 10.7 Å². The van der Waals surface area contributed by atoms with Crippen molar-refractivity contribution in [2.75, 3.05) is 18.5 Å². The van der Waals surface area contributed by atoms with Gasteiger partial charge in [-0.25, -0.2) is 5.43 Å². The first kappa shape index (κ1) is 29.4. The summed E-state index contributed by atoms with van der Waals surface area (Å²) >= 11 is 3.45. The Morgan fingerprint density at radius 3 is 2.26 bits per heavy atom. The SMILES string of the molecule is CCOc1cc(/C=N\NC(=O)C(=O)NCc2ccc(C)cc2)ccc1OCC(=O)Nc1c(C)cc(Br)cc1C. The molecule has 0 bridgehead atoms. The van der Waals surface area contributed by atoms with Crippen molar-refractivity contribution in [1.29, 1.82) is 0 Å². The van der Waals surface area contributed by atoms with E-state index in [9.17, 15) is 14.4 Å². The van der Waals surface area contributed by atoms with Crippen molar-refractivity contribution >= 4 is 45.6 Å². The lowest BCUT2D eigenvalue weighted by Gasteiger charge is -2.14. The highest BCUT2D eigenvalue weighted by atomic mass is 79.9. The molecule has 204 valence electrons. The highest BCUT2D eigenvalue weighted by Crippen LogP contribution is 2.29. The van der Waals surface area contributed by atoms with Gasteiger partial charge in [0.05, 0.1) is 12.8 Å². The maximum absolute atomic E-state index is 12.5. The zero-order valence-electron chi connectivity index (χ0n) is 22.3. The van der Waals surface area contributed by atoms with Crippen LogP contribution in [0.25, 0.3) is 0 Å². The van der Waals surface area contributed by atoms with Crippen LogP contribution >= 0.6 is 15.9 Å². The Hall–Kier alpha value is -4.18. The molecule has 0 aromatic heterocycles. The summed E-state index contributed by atoms with van der Waals surface area (Å²) in [6.07, 6.45) is 1.38. The molecule has 0 fully saturated rings. The summed E-state index contributed by atoms with van der Waals surface area (Å²) in [7, 11) is 0. The fraction of sp³-hybridized carbons (Fsp3) is 0.241. The zero-order valence-corrected chi connectivity index (χ0v) is 23.8. The zero-order chi connectivity index (χ0) is 28.4. The minimum atomic E-state index is -0.884. The van der Waals surface area contributed by atoms with Crippen molar-refractivity contribution in [3.8, 4) is 11.5 Å². The number of nitrogens with one attached hydrogen (secondary N) is 3. The van der Waals surface area contributed by atoms with Gasteiger partial charge in [-0.1, -0.05) is 45.8 Å². The van der Waals surface area contributed by atoms with Crippen LogP contribution in [0.5, 0.6) is 11.5 Å². The molecule has 3 N–H and O–H groups in total. The van der Waals surface area contributed by atoms with Crippen molar-refractivity contribution in [3.63, 3.8) is 0 Å². The van der Waals surface area contributed by atoms with Crippen molar-refractivity contribution in [3.05, 3.63) is 86.9 Å². The molecule has 3 amide bonds. The van der Waals surface area contributed by atoms with Crippen LogP contribution in [0, 0.1) is 20.8 Å². The number of rotatable bonds is 10. The van der Waals surface area contributed by atoms with Crippen LogP contribution in [0.4, 0.5) is 5.69 Å². The van der Waals surface area contributed by atoms with E-state index in [0.717, 1.165) is 32.4 Å². The van der Waals surface area contributed by atoms with Gasteiger partial charge >= 0.3 is 11.8 Å². The lowest BCUT2D eigenvalue weighted by Crippen LogP contribution is -2.37. The molecular weight excluding hydrogens is 564 g/mol. The maximum Gasteiger partial charge on any atom is 0.329 e. The van der Waals surface area contributed by atoms with E-state index < -0.39 is 11.8 Å². The van der Waals surface area contributed by atoms with Crippen molar-refractivity contribution in [2.24, 2.45) is 5.10 Å². The molecule has 39 heavy (non-hydrogen) atoms. The Balaban J connectivity index is 1.54. The third-order valence-corrected chi connectivity index (χ3v) is 6.01. The molecular formula is C29H31BrN4O5. The average Bonchev–Trinajstić information content (AvgIpc) is 2.89. The molecule has 0 aliphatic heterocycles. The fourth-order valence-corrected chi connectivity index (χ4v) is 4.29. The van der Waals surface area contributed by atoms with Crippen LogP contribution in [-0.2, 0) is 20.9 Å². The molecule has 0 saturated carbocycles. The first-order chi connectivity index (χ1) is 18.7. The Labute approximate surface area is 236 Å². The van der Waals surface area contributed by atoms with E-state index >= 15 is 0 Å². The molecule has 3 aromatic rings. The third-order valence-electron chi connectivity index (χ3n) is 5.55. The molecule has 3 rings (SSSR count). The van der Waals surface area contributed by atoms with Gasteiger partial charge in [0.2, 0.25) is 0 Å². The molecule has 0 spiro atoms. The highest BCUT2D eigenvalue weighted by Gasteiger charge is 2.13. The van der Waals surface area contributed by atoms with Crippen LogP contribution in [0.3, 0.4) is 0 Å². The number of hydrogen-bond donors (Lipinski definition) is 3. The number of ether oxygens (including phenoxy) is 2. The lowest BCUT2D eigenvalue weighted by atomic mass is 10.1. The molecule has 0 unspecified atom stereocenters. The standard InChI is InChI=1S/C29H31BrN4O5/c1-5-38-25-14-22(16-32-34-29(37)28(36)31-15-21-8-6-18(2)7-9-21)10-11-24(25)39-17-26(35)33-27-19(3)12-23(30)13-20(27)4/h6-14,16H,5,15,17H2,1-4H3,(H,31,36)(H,33,35)(H,34,37)/b32-16-. The predicted octanol–water partition coefficient (Wildman–Crippen LogP) is 4.56. The number of amides is 3. The molecule has 0 saturated heterocycles. The Morgan fingerprint density at radius 1 is 0.897 bits per heavy atom. The molecule has 3 aromatic carbocycles. The molecule has 0 aliphatic carbocycles. The van der Waals surface area contributed by atoms with Gasteiger partial charge in [0, 0.05) is 16.7 Å². The summed E-state index contributed by atoms with van der Waals surface area (Å²) in [5.41, 5.74) is 7.41. The summed E-state index contributed by atoms with van der Waals surface area (Å²) in [5.74, 6) is -1.19. The largest absolute Gasteiger partial charge is 0.490 e. The number of aryl methyl sites for hydroxylation is 3. The minimum Gasteiger partial charge on any atom is -0.490 e. The first-order valence-electron chi connectivity index (χ1n) is 12.3. The number of hydrazone groups is 1. The summed E-state index contributed by atoms with van der Waals surface area (Å²) in [6.45, 7) is 8.03. The Morgan fingerprint density at radius 2 is 1.59 bits per heavy atom. The van der Waals surface area contributed by atoms with Crippen molar-refractivity contribution in [2.45, 2.75) is 34.2 Å². The smallest absolute Gasteiger partial charge is 0.329 e. The van der Waals surface area contributed by atoms with E-state index in [1.807, 2.05) is 64.1 Å². The molecule has 10 heteroatoms. The molecule has 0 atom stereocenters. The number of halogens is 1. The van der Waals surface area contributed by atoms with E-state index in [1.165, 1.54) is 6.21 Å². The number of carbonyl (C=O) groups excluding carboxylic acids is 3. The van der Waals surface area contributed by atoms with Crippen LogP contribution in [0.15, 0.2) is 64.2 Å². The molecule has 0 aliphatic rings. The number of nitrogens with zero attached hydrogens (tertiary/aromatic N) is 1. The number of carbonyl (C=O) groups is 3. The predicted molar refractivity (Wildman–Crippen MR) is 154 cm³/mol. The quantitative estimate of drug-likeness (QED) is 0.181. The molecule has 0 radical (unpaired) electrons. The van der Waals surface area contributed by atoms with Gasteiger partial charge in [-0.05, 0) is 80.3 Å². The van der Waals surface area contributed by atoms with E-state index in [0.29, 0.717) is 23.7 Å². The lowest BCUT2D eigenvalue weighted by molar-refractivity contribution is -0.139. The summed E-state index contributed by atoms with van der Waals surface area (Å²) in [4.78, 5) is 36.6. The van der Waals surface area contributed by atoms with E-state index in [1.54, 1.807) is 18.2 Å². The van der Waals surface area contributed by atoms with Gasteiger partial charge in [0.15, 0.2) is 18.1 Å². The number of benzene rings is 3.